The first-order valence-corrected chi connectivity index (χ1v) is 6.02. The van der Waals surface area contributed by atoms with E-state index in [0.717, 1.165) is 12.1 Å². The summed E-state index contributed by atoms with van der Waals surface area (Å²) in [7, 11) is 1.64. The second kappa shape index (κ2) is 4.38. The highest BCUT2D eigenvalue weighted by Gasteiger charge is 2.15. The van der Waals surface area contributed by atoms with E-state index >= 15 is 0 Å². The second-order valence-electron chi connectivity index (χ2n) is 3.57. The number of hydrogen-bond donors (Lipinski definition) is 0. The van der Waals surface area contributed by atoms with Crippen LogP contribution in [0, 0.1) is 11.6 Å². The molecule has 0 radical (unpaired) electrons. The number of aromatic nitrogens is 1. The number of pyridine rings is 1. The molecule has 0 aliphatic rings. The summed E-state index contributed by atoms with van der Waals surface area (Å²) >= 11 is 8.84. The van der Waals surface area contributed by atoms with Crippen molar-refractivity contribution in [3.8, 4) is 0 Å². The van der Waals surface area contributed by atoms with Crippen molar-refractivity contribution in [2.75, 3.05) is 0 Å². The summed E-state index contributed by atoms with van der Waals surface area (Å²) in [5.41, 5.74) is 0.440. The van der Waals surface area contributed by atoms with Crippen LogP contribution in [-0.2, 0) is 12.9 Å². The van der Waals surface area contributed by atoms with Gasteiger partial charge in [0.05, 0.1) is 21.6 Å². The molecule has 17 heavy (non-hydrogen) atoms. The van der Waals surface area contributed by atoms with Crippen LogP contribution in [0.4, 0.5) is 8.78 Å². The lowest BCUT2D eigenvalue weighted by Gasteiger charge is -2.12. The molecular formula is C11H7BrClF2NO. The number of hydrogen-bond acceptors (Lipinski definition) is 1. The third-order valence-electron chi connectivity index (χ3n) is 2.63. The van der Waals surface area contributed by atoms with E-state index in [1.54, 1.807) is 11.6 Å². The first-order valence-electron chi connectivity index (χ1n) is 4.69. The first kappa shape index (κ1) is 12.5. The maximum Gasteiger partial charge on any atom is 0.203 e. The fourth-order valence-corrected chi connectivity index (χ4v) is 2.78. The standard InChI is InChI=1S/C11H7BrClF2NO/c1-16-8-3-7(15)6(14)2-5(8)11(17)10(12)9(16)4-13/h2-3H,4H2,1H3. The lowest BCUT2D eigenvalue weighted by atomic mass is 10.1. The molecule has 0 fully saturated rings. The molecule has 0 aliphatic heterocycles. The van der Waals surface area contributed by atoms with Gasteiger partial charge in [0.15, 0.2) is 11.6 Å². The van der Waals surface area contributed by atoms with E-state index < -0.39 is 17.1 Å². The van der Waals surface area contributed by atoms with Crippen molar-refractivity contribution < 1.29 is 8.78 Å². The third kappa shape index (κ3) is 1.87. The van der Waals surface area contributed by atoms with Gasteiger partial charge in [0.2, 0.25) is 5.43 Å². The predicted molar refractivity (Wildman–Crippen MR) is 66.4 cm³/mol. The van der Waals surface area contributed by atoms with E-state index in [1.807, 2.05) is 0 Å². The molecule has 0 aliphatic carbocycles. The van der Waals surface area contributed by atoms with Gasteiger partial charge < -0.3 is 4.57 Å². The zero-order valence-electron chi connectivity index (χ0n) is 8.73. The molecule has 0 atom stereocenters. The van der Waals surface area contributed by atoms with Gasteiger partial charge >= 0.3 is 0 Å². The maximum absolute atomic E-state index is 13.2. The molecule has 0 bridgehead atoms. The van der Waals surface area contributed by atoms with E-state index in [1.165, 1.54) is 0 Å². The van der Waals surface area contributed by atoms with Gasteiger partial charge in [0.1, 0.15) is 0 Å². The normalized spacial score (nSPS) is 11.1. The number of nitrogens with zero attached hydrogens (tertiary/aromatic N) is 1. The van der Waals surface area contributed by atoms with Crippen molar-refractivity contribution in [3.63, 3.8) is 0 Å². The van der Waals surface area contributed by atoms with Gasteiger partial charge in [-0.3, -0.25) is 4.79 Å². The Morgan fingerprint density at radius 3 is 2.53 bits per heavy atom. The summed E-state index contributed by atoms with van der Waals surface area (Å²) < 4.78 is 28.1. The number of fused-ring (bicyclic) bond motifs is 1. The Bertz CT molecular complexity index is 669. The van der Waals surface area contributed by atoms with Crippen molar-refractivity contribution >= 4 is 38.4 Å². The monoisotopic (exact) mass is 321 g/mol. The molecule has 1 aromatic heterocycles. The molecule has 2 rings (SSSR count). The number of alkyl halides is 1. The molecule has 2 aromatic rings. The molecule has 0 saturated heterocycles. The molecule has 2 nitrogen and oxygen atoms in total. The molecule has 0 saturated carbocycles. The highest BCUT2D eigenvalue weighted by molar-refractivity contribution is 9.10. The van der Waals surface area contributed by atoms with E-state index in [9.17, 15) is 13.6 Å². The average molecular weight is 323 g/mol. The van der Waals surface area contributed by atoms with Crippen LogP contribution in [0.3, 0.4) is 0 Å². The number of benzene rings is 1. The topological polar surface area (TPSA) is 22.0 Å². The van der Waals surface area contributed by atoms with Crippen LogP contribution < -0.4 is 5.43 Å². The smallest absolute Gasteiger partial charge is 0.203 e. The van der Waals surface area contributed by atoms with E-state index in [2.05, 4.69) is 15.9 Å². The molecule has 0 unspecified atom stereocenters. The van der Waals surface area contributed by atoms with Crippen molar-refractivity contribution in [2.24, 2.45) is 7.05 Å². The molecule has 6 heteroatoms. The quantitative estimate of drug-likeness (QED) is 0.738. The van der Waals surface area contributed by atoms with Crippen LogP contribution in [-0.4, -0.2) is 4.57 Å². The van der Waals surface area contributed by atoms with Gasteiger partial charge in [-0.1, -0.05) is 0 Å². The van der Waals surface area contributed by atoms with Gasteiger partial charge in [-0.05, 0) is 22.0 Å². The van der Waals surface area contributed by atoms with Gasteiger partial charge in [0, 0.05) is 18.5 Å². The SMILES string of the molecule is Cn1c(CCl)c(Br)c(=O)c2cc(F)c(F)cc21. The first-order chi connectivity index (χ1) is 7.97. The zero-order valence-corrected chi connectivity index (χ0v) is 11.1. The zero-order chi connectivity index (χ0) is 12.7. The fraction of sp³-hybridized carbons (Fsp3) is 0.182. The number of halogens is 4. The molecule has 0 spiro atoms. The lowest BCUT2D eigenvalue weighted by Crippen LogP contribution is -2.14. The largest absolute Gasteiger partial charge is 0.345 e. The van der Waals surface area contributed by atoms with Crippen molar-refractivity contribution in [2.45, 2.75) is 5.88 Å². The minimum Gasteiger partial charge on any atom is -0.345 e. The highest BCUT2D eigenvalue weighted by Crippen LogP contribution is 2.22. The lowest BCUT2D eigenvalue weighted by molar-refractivity contribution is 0.510. The van der Waals surface area contributed by atoms with Gasteiger partial charge in [-0.25, -0.2) is 8.78 Å². The van der Waals surface area contributed by atoms with Gasteiger partial charge in [-0.2, -0.15) is 0 Å². The summed E-state index contributed by atoms with van der Waals surface area (Å²) in [6, 6.07) is 1.89. The van der Waals surface area contributed by atoms with Crippen LogP contribution in [0.25, 0.3) is 10.9 Å². The van der Waals surface area contributed by atoms with Crippen molar-refractivity contribution in [1.82, 2.24) is 4.57 Å². The summed E-state index contributed by atoms with van der Waals surface area (Å²) in [5, 5.41) is 0.118. The Morgan fingerprint density at radius 1 is 1.35 bits per heavy atom. The third-order valence-corrected chi connectivity index (χ3v) is 3.70. The predicted octanol–water partition coefficient (Wildman–Crippen LogP) is 3.32. The minimum atomic E-state index is -1.04. The van der Waals surface area contributed by atoms with Crippen LogP contribution >= 0.6 is 27.5 Å². The van der Waals surface area contributed by atoms with Crippen LogP contribution in [0.5, 0.6) is 0 Å². The Labute approximate surface area is 109 Å². The summed E-state index contributed by atoms with van der Waals surface area (Å²) in [6.45, 7) is 0. The average Bonchev–Trinajstić information content (AvgIpc) is 2.30. The number of rotatable bonds is 1. The van der Waals surface area contributed by atoms with Crippen LogP contribution in [0.2, 0.25) is 0 Å². The van der Waals surface area contributed by atoms with Gasteiger partial charge in [-0.15, -0.1) is 11.6 Å². The van der Waals surface area contributed by atoms with E-state index in [0.29, 0.717) is 11.2 Å². The van der Waals surface area contributed by atoms with Crippen LogP contribution in [0.15, 0.2) is 21.4 Å². The number of aryl methyl sites for hydroxylation is 1. The molecule has 1 aromatic carbocycles. The fourth-order valence-electron chi connectivity index (χ4n) is 1.69. The van der Waals surface area contributed by atoms with E-state index in [4.69, 9.17) is 11.6 Å². The Balaban J connectivity index is 3.04. The Hall–Kier alpha value is -0.940. The maximum atomic E-state index is 13.2. The minimum absolute atomic E-state index is 0.0985. The van der Waals surface area contributed by atoms with E-state index in [-0.39, 0.29) is 15.7 Å². The molecule has 90 valence electrons. The van der Waals surface area contributed by atoms with Crippen LogP contribution in [0.1, 0.15) is 5.69 Å². The molecule has 0 amide bonds. The Morgan fingerprint density at radius 2 is 1.94 bits per heavy atom. The summed E-state index contributed by atoms with van der Waals surface area (Å²) in [6.07, 6.45) is 0. The Kier molecular flexibility index (Phi) is 3.23. The second-order valence-corrected chi connectivity index (χ2v) is 4.63. The van der Waals surface area contributed by atoms with Gasteiger partial charge in [0.25, 0.3) is 0 Å². The molecule has 1 heterocycles. The summed E-state index contributed by atoms with van der Waals surface area (Å²) in [5.74, 6) is -1.93. The van der Waals surface area contributed by atoms with Crippen molar-refractivity contribution in [3.05, 3.63) is 44.2 Å². The summed E-state index contributed by atoms with van der Waals surface area (Å²) in [4.78, 5) is 11.9. The molecule has 0 N–H and O–H groups in total. The highest BCUT2D eigenvalue weighted by atomic mass is 79.9. The molecular weight excluding hydrogens is 315 g/mol. The van der Waals surface area contributed by atoms with Crippen molar-refractivity contribution in [1.29, 1.82) is 0 Å².